The molecule has 2 aromatic carbocycles. The number of para-hydroxylation sites is 2. The van der Waals surface area contributed by atoms with E-state index in [-0.39, 0.29) is 18.0 Å². The highest BCUT2D eigenvalue weighted by Crippen LogP contribution is 2.24. The van der Waals surface area contributed by atoms with E-state index in [1.165, 1.54) is 4.90 Å². The summed E-state index contributed by atoms with van der Waals surface area (Å²) in [5.41, 5.74) is 1.55. The van der Waals surface area contributed by atoms with Crippen molar-refractivity contribution < 1.29 is 4.79 Å². The Bertz CT molecular complexity index is 1200. The fourth-order valence-corrected chi connectivity index (χ4v) is 3.24. The number of nitrogens with one attached hydrogen (secondary N) is 1. The third kappa shape index (κ3) is 2.64. The number of hydrogen-bond acceptors (Lipinski definition) is 3. The Balaban J connectivity index is 1.70. The standard InChI is InChI=1S/C19H15ClN4O2/c1-23(16-9-5-3-7-14(16)20)17(25)11-24-19(26)18-13(10-21-24)12-6-2-4-8-15(12)22-18/h2-10,22H,11H2,1H3. The van der Waals surface area contributed by atoms with Gasteiger partial charge in [0.15, 0.2) is 0 Å². The number of H-pyrrole nitrogens is 1. The molecule has 0 saturated carbocycles. The van der Waals surface area contributed by atoms with Crippen molar-refractivity contribution in [3.8, 4) is 0 Å². The van der Waals surface area contributed by atoms with Crippen LogP contribution < -0.4 is 10.5 Å². The Morgan fingerprint density at radius 2 is 1.88 bits per heavy atom. The highest BCUT2D eigenvalue weighted by atomic mass is 35.5. The molecule has 7 heteroatoms. The molecule has 0 fully saturated rings. The van der Waals surface area contributed by atoms with E-state index >= 15 is 0 Å². The van der Waals surface area contributed by atoms with Crippen molar-refractivity contribution in [2.45, 2.75) is 6.54 Å². The molecule has 0 radical (unpaired) electrons. The predicted octanol–water partition coefficient (Wildman–Crippen LogP) is 3.19. The van der Waals surface area contributed by atoms with Gasteiger partial charge in [0.2, 0.25) is 5.91 Å². The third-order valence-electron chi connectivity index (χ3n) is 4.39. The normalized spacial score (nSPS) is 11.2. The van der Waals surface area contributed by atoms with Gasteiger partial charge in [-0.2, -0.15) is 5.10 Å². The Morgan fingerprint density at radius 3 is 2.69 bits per heavy atom. The number of aromatic amines is 1. The van der Waals surface area contributed by atoms with Crippen LogP contribution in [0, 0.1) is 0 Å². The van der Waals surface area contributed by atoms with Crippen molar-refractivity contribution in [3.05, 3.63) is 70.1 Å². The van der Waals surface area contributed by atoms with Gasteiger partial charge in [0.25, 0.3) is 5.56 Å². The van der Waals surface area contributed by atoms with E-state index in [9.17, 15) is 9.59 Å². The third-order valence-corrected chi connectivity index (χ3v) is 4.71. The number of carbonyl (C=O) groups is 1. The zero-order valence-corrected chi connectivity index (χ0v) is 14.7. The van der Waals surface area contributed by atoms with E-state index in [1.807, 2.05) is 24.3 Å². The summed E-state index contributed by atoms with van der Waals surface area (Å²) in [6.07, 6.45) is 1.61. The van der Waals surface area contributed by atoms with Crippen molar-refractivity contribution in [2.24, 2.45) is 0 Å². The van der Waals surface area contributed by atoms with Gasteiger partial charge in [-0.3, -0.25) is 9.59 Å². The number of amides is 1. The van der Waals surface area contributed by atoms with E-state index < -0.39 is 0 Å². The molecule has 26 heavy (non-hydrogen) atoms. The lowest BCUT2D eigenvalue weighted by Gasteiger charge is -2.18. The Morgan fingerprint density at radius 1 is 1.15 bits per heavy atom. The average molecular weight is 367 g/mol. The zero-order chi connectivity index (χ0) is 18.3. The number of halogens is 1. The van der Waals surface area contributed by atoms with Gasteiger partial charge in [0, 0.05) is 23.3 Å². The SMILES string of the molecule is CN(C(=O)Cn1ncc2c([nH]c3ccccc32)c1=O)c1ccccc1Cl. The van der Waals surface area contributed by atoms with Crippen molar-refractivity contribution in [1.82, 2.24) is 14.8 Å². The summed E-state index contributed by atoms with van der Waals surface area (Å²) in [4.78, 5) is 29.8. The minimum Gasteiger partial charge on any atom is -0.350 e. The van der Waals surface area contributed by atoms with Crippen LogP contribution in [0.1, 0.15) is 0 Å². The van der Waals surface area contributed by atoms with Crippen LogP contribution in [-0.2, 0) is 11.3 Å². The Kier molecular flexibility index (Phi) is 3.97. The predicted molar refractivity (Wildman–Crippen MR) is 103 cm³/mol. The van der Waals surface area contributed by atoms with Crippen LogP contribution in [0.5, 0.6) is 0 Å². The van der Waals surface area contributed by atoms with E-state index in [4.69, 9.17) is 11.6 Å². The van der Waals surface area contributed by atoms with Crippen LogP contribution in [0.25, 0.3) is 21.8 Å². The van der Waals surface area contributed by atoms with Crippen LogP contribution in [-0.4, -0.2) is 27.7 Å². The van der Waals surface area contributed by atoms with E-state index in [0.717, 1.165) is 21.0 Å². The summed E-state index contributed by atoms with van der Waals surface area (Å²) < 4.78 is 1.16. The van der Waals surface area contributed by atoms with E-state index in [0.29, 0.717) is 16.2 Å². The summed E-state index contributed by atoms with van der Waals surface area (Å²) in [6.45, 7) is -0.175. The maximum absolute atomic E-state index is 12.7. The molecule has 0 aliphatic rings. The molecule has 1 N–H and O–H groups in total. The lowest BCUT2D eigenvalue weighted by molar-refractivity contribution is -0.119. The molecule has 1 amide bonds. The maximum Gasteiger partial charge on any atom is 0.291 e. The van der Waals surface area contributed by atoms with Gasteiger partial charge in [-0.15, -0.1) is 0 Å². The molecule has 0 unspecified atom stereocenters. The van der Waals surface area contributed by atoms with Gasteiger partial charge in [-0.1, -0.05) is 41.9 Å². The lowest BCUT2D eigenvalue weighted by atomic mass is 10.2. The van der Waals surface area contributed by atoms with Crippen LogP contribution >= 0.6 is 11.6 Å². The first-order valence-electron chi connectivity index (χ1n) is 8.04. The first kappa shape index (κ1) is 16.4. The van der Waals surface area contributed by atoms with Gasteiger partial charge < -0.3 is 9.88 Å². The summed E-state index contributed by atoms with van der Waals surface area (Å²) in [5.74, 6) is -0.289. The fourth-order valence-electron chi connectivity index (χ4n) is 2.98. The molecular weight excluding hydrogens is 352 g/mol. The quantitative estimate of drug-likeness (QED) is 0.605. The van der Waals surface area contributed by atoms with Gasteiger partial charge in [-0.25, -0.2) is 4.68 Å². The minimum absolute atomic E-state index is 0.175. The van der Waals surface area contributed by atoms with Crippen LogP contribution in [0.15, 0.2) is 59.5 Å². The molecule has 0 aliphatic carbocycles. The van der Waals surface area contributed by atoms with Gasteiger partial charge >= 0.3 is 0 Å². The van der Waals surface area contributed by atoms with Crippen molar-refractivity contribution in [1.29, 1.82) is 0 Å². The number of rotatable bonds is 3. The second kappa shape index (κ2) is 6.31. The van der Waals surface area contributed by atoms with Crippen LogP contribution in [0.2, 0.25) is 5.02 Å². The molecule has 0 saturated heterocycles. The number of likely N-dealkylation sites (N-methyl/N-ethyl adjacent to an activating group) is 1. The first-order valence-corrected chi connectivity index (χ1v) is 8.41. The molecule has 2 aromatic heterocycles. The fraction of sp³-hybridized carbons (Fsp3) is 0.105. The average Bonchev–Trinajstić information content (AvgIpc) is 3.03. The second-order valence-corrected chi connectivity index (χ2v) is 6.38. The lowest BCUT2D eigenvalue weighted by Crippen LogP contribution is -2.35. The topological polar surface area (TPSA) is 71.0 Å². The van der Waals surface area contributed by atoms with Gasteiger partial charge in [-0.05, 0) is 18.2 Å². The summed E-state index contributed by atoms with van der Waals surface area (Å²) >= 11 is 6.14. The Hall–Kier alpha value is -3.12. The van der Waals surface area contributed by atoms with Gasteiger partial charge in [0.05, 0.1) is 16.9 Å². The van der Waals surface area contributed by atoms with Crippen LogP contribution in [0.4, 0.5) is 5.69 Å². The molecule has 2 heterocycles. The second-order valence-electron chi connectivity index (χ2n) is 5.97. The number of hydrogen-bond donors (Lipinski definition) is 1. The number of fused-ring (bicyclic) bond motifs is 3. The van der Waals surface area contributed by atoms with Crippen molar-refractivity contribution in [3.63, 3.8) is 0 Å². The monoisotopic (exact) mass is 366 g/mol. The zero-order valence-electron chi connectivity index (χ0n) is 13.9. The van der Waals surface area contributed by atoms with E-state index in [2.05, 4.69) is 10.1 Å². The number of anilines is 1. The number of nitrogens with zero attached hydrogens (tertiary/aromatic N) is 3. The Labute approximate surface area is 153 Å². The highest BCUT2D eigenvalue weighted by molar-refractivity contribution is 6.33. The summed E-state index contributed by atoms with van der Waals surface area (Å²) in [5, 5.41) is 6.31. The first-order chi connectivity index (χ1) is 12.6. The van der Waals surface area contributed by atoms with E-state index in [1.54, 1.807) is 37.5 Å². The van der Waals surface area contributed by atoms with Gasteiger partial charge in [0.1, 0.15) is 12.1 Å². The molecule has 6 nitrogen and oxygen atoms in total. The van der Waals surface area contributed by atoms with Crippen molar-refractivity contribution in [2.75, 3.05) is 11.9 Å². The molecule has 130 valence electrons. The number of aromatic nitrogens is 3. The molecule has 0 bridgehead atoms. The molecular formula is C19H15ClN4O2. The minimum atomic E-state index is -0.334. The summed E-state index contributed by atoms with van der Waals surface area (Å²) in [6, 6.07) is 14.7. The van der Waals surface area contributed by atoms with Crippen LogP contribution in [0.3, 0.4) is 0 Å². The van der Waals surface area contributed by atoms with Crippen molar-refractivity contribution >= 4 is 45.0 Å². The largest absolute Gasteiger partial charge is 0.350 e. The molecule has 0 aliphatic heterocycles. The summed E-state index contributed by atoms with van der Waals surface area (Å²) in [7, 11) is 1.62. The number of benzene rings is 2. The highest BCUT2D eigenvalue weighted by Gasteiger charge is 2.17. The molecule has 0 atom stereocenters. The number of carbonyl (C=O) groups excluding carboxylic acids is 1. The molecule has 4 aromatic rings. The molecule has 4 rings (SSSR count). The smallest absolute Gasteiger partial charge is 0.291 e. The maximum atomic E-state index is 12.7. The molecule has 0 spiro atoms.